The molecule has 1 unspecified atom stereocenters. The van der Waals surface area contributed by atoms with Gasteiger partial charge in [-0.3, -0.25) is 14.9 Å². The van der Waals surface area contributed by atoms with Crippen molar-refractivity contribution in [3.8, 4) is 5.75 Å². The number of rotatable bonds is 6. The minimum Gasteiger partial charge on any atom is -0.484 e. The van der Waals surface area contributed by atoms with Crippen molar-refractivity contribution in [2.24, 2.45) is 0 Å². The van der Waals surface area contributed by atoms with Crippen molar-refractivity contribution in [3.63, 3.8) is 0 Å². The van der Waals surface area contributed by atoms with Crippen LogP contribution < -0.4 is 10.1 Å². The highest BCUT2D eigenvalue weighted by molar-refractivity contribution is 5.83. The lowest BCUT2D eigenvalue weighted by Gasteiger charge is -2.16. The molecule has 0 aliphatic heterocycles. The Morgan fingerprint density at radius 3 is 2.62 bits per heavy atom. The second kappa shape index (κ2) is 7.22. The number of benzene rings is 1. The number of nitro benzene ring substituents is 1. The van der Waals surface area contributed by atoms with Gasteiger partial charge in [0.15, 0.2) is 11.8 Å². The molecule has 0 aliphatic carbocycles. The lowest BCUT2D eigenvalue weighted by Crippen LogP contribution is -2.44. The zero-order chi connectivity index (χ0) is 16.0. The van der Waals surface area contributed by atoms with Crippen LogP contribution in [-0.2, 0) is 14.3 Å². The molecule has 0 radical (unpaired) electrons. The molecule has 0 saturated heterocycles. The summed E-state index contributed by atoms with van der Waals surface area (Å²) in [6.07, 6.45) is 0. The van der Waals surface area contributed by atoms with Gasteiger partial charge in [-0.15, -0.1) is 0 Å². The number of hydrogen-bond donors (Lipinski definition) is 1. The number of ether oxygens (including phenoxy) is 2. The molecule has 0 fully saturated rings. The molecule has 0 aromatic heterocycles. The smallest absolute Gasteiger partial charge is 0.331 e. The number of nitrogens with one attached hydrogen (secondary N) is 1. The molecule has 21 heavy (non-hydrogen) atoms. The standard InChI is InChI=1S/C13H16N2O6/c1-8-4-5-11(15(18)19)12(6-8)21-7-10(13(17)20-3)14-9(2)16/h4-6,10H,7H2,1-3H3,(H,14,16). The summed E-state index contributed by atoms with van der Waals surface area (Å²) in [5.74, 6) is -1.10. The summed E-state index contributed by atoms with van der Waals surface area (Å²) >= 11 is 0. The van der Waals surface area contributed by atoms with E-state index in [1.54, 1.807) is 13.0 Å². The Balaban J connectivity index is 2.89. The summed E-state index contributed by atoms with van der Waals surface area (Å²) in [4.78, 5) is 32.9. The third-order valence-electron chi connectivity index (χ3n) is 2.58. The Bertz CT molecular complexity index is 558. The van der Waals surface area contributed by atoms with Gasteiger partial charge >= 0.3 is 11.7 Å². The van der Waals surface area contributed by atoms with Crippen LogP contribution in [0.4, 0.5) is 5.69 Å². The Kier molecular flexibility index (Phi) is 5.65. The van der Waals surface area contributed by atoms with E-state index in [0.717, 1.165) is 5.56 Å². The average Bonchev–Trinajstić information content (AvgIpc) is 2.41. The number of hydrogen-bond acceptors (Lipinski definition) is 6. The van der Waals surface area contributed by atoms with Gasteiger partial charge in [-0.05, 0) is 18.6 Å². The highest BCUT2D eigenvalue weighted by atomic mass is 16.6. The van der Waals surface area contributed by atoms with Gasteiger partial charge in [0, 0.05) is 13.0 Å². The fourth-order valence-electron chi connectivity index (χ4n) is 1.62. The van der Waals surface area contributed by atoms with Gasteiger partial charge in [0.25, 0.3) is 0 Å². The predicted octanol–water partition coefficient (Wildman–Crippen LogP) is 0.960. The fourth-order valence-corrected chi connectivity index (χ4v) is 1.62. The summed E-state index contributed by atoms with van der Waals surface area (Å²) < 4.78 is 9.84. The van der Waals surface area contributed by atoms with Gasteiger partial charge in [0.1, 0.15) is 6.61 Å². The van der Waals surface area contributed by atoms with Crippen molar-refractivity contribution in [2.75, 3.05) is 13.7 Å². The molecular formula is C13H16N2O6. The van der Waals surface area contributed by atoms with E-state index < -0.39 is 22.8 Å². The summed E-state index contributed by atoms with van der Waals surface area (Å²) in [6, 6.07) is 3.35. The van der Waals surface area contributed by atoms with Crippen LogP contribution in [0.5, 0.6) is 5.75 Å². The predicted molar refractivity (Wildman–Crippen MR) is 72.9 cm³/mol. The van der Waals surface area contributed by atoms with Crippen LogP contribution in [0.15, 0.2) is 18.2 Å². The first kappa shape index (κ1) is 16.4. The maximum atomic E-state index is 11.5. The van der Waals surface area contributed by atoms with Gasteiger partial charge in [-0.25, -0.2) is 4.79 Å². The van der Waals surface area contributed by atoms with Gasteiger partial charge in [0.05, 0.1) is 12.0 Å². The van der Waals surface area contributed by atoms with E-state index in [4.69, 9.17) is 4.74 Å². The maximum absolute atomic E-state index is 11.5. The van der Waals surface area contributed by atoms with Crippen LogP contribution in [0.25, 0.3) is 0 Å². The summed E-state index contributed by atoms with van der Waals surface area (Å²) in [5.41, 5.74) is 0.553. The molecule has 1 atom stereocenters. The third-order valence-corrected chi connectivity index (χ3v) is 2.58. The van der Waals surface area contributed by atoms with E-state index in [9.17, 15) is 19.7 Å². The van der Waals surface area contributed by atoms with Crippen molar-refractivity contribution in [3.05, 3.63) is 33.9 Å². The lowest BCUT2D eigenvalue weighted by molar-refractivity contribution is -0.385. The molecule has 1 rings (SSSR count). The van der Waals surface area contributed by atoms with E-state index in [-0.39, 0.29) is 18.0 Å². The largest absolute Gasteiger partial charge is 0.484 e. The average molecular weight is 296 g/mol. The Morgan fingerprint density at radius 1 is 1.43 bits per heavy atom. The quantitative estimate of drug-likeness (QED) is 0.476. The van der Waals surface area contributed by atoms with E-state index in [0.29, 0.717) is 0 Å². The number of aryl methyl sites for hydroxylation is 1. The minimum atomic E-state index is -1.03. The molecule has 1 amide bonds. The summed E-state index contributed by atoms with van der Waals surface area (Å²) in [6.45, 7) is 2.73. The van der Waals surface area contributed by atoms with Crippen LogP contribution in [0.3, 0.4) is 0 Å². The van der Waals surface area contributed by atoms with Crippen LogP contribution in [0.1, 0.15) is 12.5 Å². The first-order valence-corrected chi connectivity index (χ1v) is 6.08. The Hall–Kier alpha value is -2.64. The first-order valence-electron chi connectivity index (χ1n) is 6.08. The molecule has 0 heterocycles. The van der Waals surface area contributed by atoms with Crippen molar-refractivity contribution in [2.45, 2.75) is 19.9 Å². The minimum absolute atomic E-state index is 0.0271. The van der Waals surface area contributed by atoms with Crippen LogP contribution in [0, 0.1) is 17.0 Å². The second-order valence-electron chi connectivity index (χ2n) is 4.32. The molecule has 1 aromatic rings. The second-order valence-corrected chi connectivity index (χ2v) is 4.32. The topological polar surface area (TPSA) is 108 Å². The zero-order valence-corrected chi connectivity index (χ0v) is 11.9. The SMILES string of the molecule is COC(=O)C(COc1cc(C)ccc1[N+](=O)[O-])NC(C)=O. The Labute approximate surface area is 121 Å². The molecule has 8 nitrogen and oxygen atoms in total. The molecule has 0 spiro atoms. The lowest BCUT2D eigenvalue weighted by atomic mass is 10.2. The van der Waals surface area contributed by atoms with Gasteiger partial charge < -0.3 is 14.8 Å². The van der Waals surface area contributed by atoms with Gasteiger partial charge in [0.2, 0.25) is 5.91 Å². The fraction of sp³-hybridized carbons (Fsp3) is 0.385. The van der Waals surface area contributed by atoms with Crippen LogP contribution in [-0.4, -0.2) is 36.6 Å². The van der Waals surface area contributed by atoms with E-state index in [1.165, 1.54) is 26.2 Å². The first-order chi connectivity index (χ1) is 9.85. The number of esters is 1. The number of methoxy groups -OCH3 is 1. The molecule has 1 aromatic carbocycles. The molecule has 0 saturated carbocycles. The summed E-state index contributed by atoms with van der Waals surface area (Å²) in [5, 5.41) is 13.3. The van der Waals surface area contributed by atoms with E-state index in [1.807, 2.05) is 0 Å². The molecule has 8 heteroatoms. The highest BCUT2D eigenvalue weighted by Crippen LogP contribution is 2.27. The molecule has 1 N–H and O–H groups in total. The third kappa shape index (κ3) is 4.75. The van der Waals surface area contributed by atoms with Crippen molar-refractivity contribution in [1.29, 1.82) is 0 Å². The van der Waals surface area contributed by atoms with Crippen molar-refractivity contribution in [1.82, 2.24) is 5.32 Å². The van der Waals surface area contributed by atoms with Crippen LogP contribution >= 0.6 is 0 Å². The van der Waals surface area contributed by atoms with Crippen LogP contribution in [0.2, 0.25) is 0 Å². The number of amides is 1. The highest BCUT2D eigenvalue weighted by Gasteiger charge is 2.23. The van der Waals surface area contributed by atoms with Gasteiger partial charge in [-0.1, -0.05) is 6.07 Å². The zero-order valence-electron chi connectivity index (χ0n) is 11.9. The number of nitro groups is 1. The van der Waals surface area contributed by atoms with Crippen molar-refractivity contribution >= 4 is 17.6 Å². The molecular weight excluding hydrogens is 280 g/mol. The Morgan fingerprint density at radius 2 is 2.10 bits per heavy atom. The van der Waals surface area contributed by atoms with Crippen molar-refractivity contribution < 1.29 is 24.0 Å². The number of carbonyl (C=O) groups excluding carboxylic acids is 2. The summed E-state index contributed by atoms with van der Waals surface area (Å²) in [7, 11) is 1.17. The monoisotopic (exact) mass is 296 g/mol. The number of nitrogens with zero attached hydrogens (tertiary/aromatic N) is 1. The maximum Gasteiger partial charge on any atom is 0.331 e. The molecule has 114 valence electrons. The van der Waals surface area contributed by atoms with E-state index in [2.05, 4.69) is 10.1 Å². The normalized spacial score (nSPS) is 11.4. The molecule has 0 bridgehead atoms. The number of carbonyl (C=O) groups is 2. The van der Waals surface area contributed by atoms with Gasteiger partial charge in [-0.2, -0.15) is 0 Å². The molecule has 0 aliphatic rings. The van der Waals surface area contributed by atoms with E-state index >= 15 is 0 Å².